The molecule has 1 aromatic carbocycles. The van der Waals surface area contributed by atoms with Crippen LogP contribution in [0.4, 0.5) is 4.39 Å². The average molecular weight is 250 g/mol. The van der Waals surface area contributed by atoms with Gasteiger partial charge in [-0.05, 0) is 38.3 Å². The lowest BCUT2D eigenvalue weighted by atomic mass is 9.93. The minimum absolute atomic E-state index is 0.0731. The van der Waals surface area contributed by atoms with Gasteiger partial charge in [-0.3, -0.25) is 4.79 Å². The van der Waals surface area contributed by atoms with Gasteiger partial charge in [0, 0.05) is 11.6 Å². The van der Waals surface area contributed by atoms with Gasteiger partial charge < -0.3 is 11.1 Å². The number of benzene rings is 1. The van der Waals surface area contributed by atoms with E-state index in [9.17, 15) is 9.18 Å². The monoisotopic (exact) mass is 250 g/mol. The smallest absolute Gasteiger partial charge is 0.227 e. The zero-order valence-corrected chi connectivity index (χ0v) is 10.4. The molecule has 1 fully saturated rings. The van der Waals surface area contributed by atoms with Crippen molar-refractivity contribution in [1.29, 1.82) is 0 Å². The van der Waals surface area contributed by atoms with Crippen molar-refractivity contribution >= 4 is 5.91 Å². The van der Waals surface area contributed by atoms with E-state index in [0.29, 0.717) is 24.6 Å². The van der Waals surface area contributed by atoms with Gasteiger partial charge in [-0.15, -0.1) is 0 Å². The molecule has 18 heavy (non-hydrogen) atoms. The molecule has 0 bridgehead atoms. The third-order valence-corrected chi connectivity index (χ3v) is 3.22. The topological polar surface area (TPSA) is 55.1 Å². The maximum atomic E-state index is 13.8. The van der Waals surface area contributed by atoms with Crippen molar-refractivity contribution in [2.24, 2.45) is 5.73 Å². The molecule has 98 valence electrons. The molecule has 3 N–H and O–H groups in total. The molecule has 0 radical (unpaired) electrons. The summed E-state index contributed by atoms with van der Waals surface area (Å²) in [6, 6.07) is 6.78. The lowest BCUT2D eigenvalue weighted by molar-refractivity contribution is -0.122. The van der Waals surface area contributed by atoms with E-state index in [1.807, 2.05) is 0 Å². The number of nitrogens with two attached hydrogens (primary N) is 1. The second-order valence-corrected chi connectivity index (χ2v) is 4.79. The SMILES string of the molecule is NCCCC(C(=O)NC1CC1)c1ccccc1F. The van der Waals surface area contributed by atoms with Gasteiger partial charge in [0.1, 0.15) is 5.82 Å². The summed E-state index contributed by atoms with van der Waals surface area (Å²) < 4.78 is 13.8. The summed E-state index contributed by atoms with van der Waals surface area (Å²) in [6.45, 7) is 0.516. The Kier molecular flexibility index (Phi) is 4.31. The molecule has 1 amide bonds. The molecule has 1 aliphatic rings. The molecule has 3 nitrogen and oxygen atoms in total. The largest absolute Gasteiger partial charge is 0.353 e. The first-order chi connectivity index (χ1) is 8.72. The molecule has 0 aromatic heterocycles. The van der Waals surface area contributed by atoms with E-state index in [0.717, 1.165) is 19.3 Å². The number of hydrogen-bond donors (Lipinski definition) is 2. The summed E-state index contributed by atoms with van der Waals surface area (Å²) in [7, 11) is 0. The van der Waals surface area contributed by atoms with Crippen LogP contribution in [0.2, 0.25) is 0 Å². The minimum Gasteiger partial charge on any atom is -0.353 e. The fraction of sp³-hybridized carbons (Fsp3) is 0.500. The average Bonchev–Trinajstić information content (AvgIpc) is 3.15. The quantitative estimate of drug-likeness (QED) is 0.810. The fourth-order valence-electron chi connectivity index (χ4n) is 2.04. The van der Waals surface area contributed by atoms with Gasteiger partial charge in [0.2, 0.25) is 5.91 Å². The number of carbonyl (C=O) groups excluding carboxylic acids is 1. The van der Waals surface area contributed by atoms with Crippen LogP contribution < -0.4 is 11.1 Å². The van der Waals surface area contributed by atoms with Crippen molar-refractivity contribution in [2.75, 3.05) is 6.54 Å². The third-order valence-electron chi connectivity index (χ3n) is 3.22. The van der Waals surface area contributed by atoms with Crippen LogP contribution in [0.3, 0.4) is 0 Å². The molecule has 0 aliphatic heterocycles. The van der Waals surface area contributed by atoms with Crippen LogP contribution in [-0.4, -0.2) is 18.5 Å². The zero-order valence-electron chi connectivity index (χ0n) is 10.4. The van der Waals surface area contributed by atoms with Crippen molar-refractivity contribution in [2.45, 2.75) is 37.6 Å². The molecule has 1 aromatic rings. The number of hydrogen-bond acceptors (Lipinski definition) is 2. The molecule has 1 atom stereocenters. The summed E-state index contributed by atoms with van der Waals surface area (Å²) >= 11 is 0. The maximum absolute atomic E-state index is 13.8. The summed E-state index contributed by atoms with van der Waals surface area (Å²) in [5, 5.41) is 2.94. The lowest BCUT2D eigenvalue weighted by Gasteiger charge is -2.17. The van der Waals surface area contributed by atoms with Crippen LogP contribution in [0.15, 0.2) is 24.3 Å². The van der Waals surface area contributed by atoms with Crippen LogP contribution >= 0.6 is 0 Å². The number of nitrogens with one attached hydrogen (secondary N) is 1. The molecule has 1 aliphatic carbocycles. The highest BCUT2D eigenvalue weighted by Gasteiger charge is 2.29. The van der Waals surface area contributed by atoms with E-state index >= 15 is 0 Å². The Balaban J connectivity index is 2.12. The van der Waals surface area contributed by atoms with Crippen LogP contribution in [-0.2, 0) is 4.79 Å². The lowest BCUT2D eigenvalue weighted by Crippen LogP contribution is -2.31. The maximum Gasteiger partial charge on any atom is 0.227 e. The van der Waals surface area contributed by atoms with Gasteiger partial charge in [-0.2, -0.15) is 0 Å². The predicted octanol–water partition coefficient (Wildman–Crippen LogP) is 1.93. The highest BCUT2D eigenvalue weighted by molar-refractivity contribution is 5.84. The Morgan fingerprint density at radius 1 is 1.44 bits per heavy atom. The van der Waals surface area contributed by atoms with Crippen molar-refractivity contribution in [3.8, 4) is 0 Å². The molecular formula is C14H19FN2O. The van der Waals surface area contributed by atoms with E-state index in [1.165, 1.54) is 6.07 Å². The van der Waals surface area contributed by atoms with Gasteiger partial charge in [0.25, 0.3) is 0 Å². The van der Waals surface area contributed by atoms with Crippen LogP contribution in [0.1, 0.15) is 37.2 Å². The highest BCUT2D eigenvalue weighted by Crippen LogP contribution is 2.26. The molecule has 0 spiro atoms. The number of rotatable bonds is 6. The highest BCUT2D eigenvalue weighted by atomic mass is 19.1. The Hall–Kier alpha value is -1.42. The van der Waals surface area contributed by atoms with Gasteiger partial charge in [0.05, 0.1) is 5.92 Å². The third kappa shape index (κ3) is 3.29. The first-order valence-electron chi connectivity index (χ1n) is 6.47. The van der Waals surface area contributed by atoms with Crippen molar-refractivity contribution in [3.63, 3.8) is 0 Å². The summed E-state index contributed by atoms with van der Waals surface area (Å²) in [4.78, 5) is 12.1. The zero-order chi connectivity index (χ0) is 13.0. The molecule has 4 heteroatoms. The van der Waals surface area contributed by atoms with Crippen LogP contribution in [0, 0.1) is 5.82 Å². The molecule has 2 rings (SSSR count). The number of carbonyl (C=O) groups is 1. The van der Waals surface area contributed by atoms with Gasteiger partial charge in [0.15, 0.2) is 0 Å². The predicted molar refractivity (Wildman–Crippen MR) is 68.6 cm³/mol. The van der Waals surface area contributed by atoms with E-state index < -0.39 is 5.92 Å². The Morgan fingerprint density at radius 3 is 2.78 bits per heavy atom. The number of amides is 1. The fourth-order valence-corrected chi connectivity index (χ4v) is 2.04. The standard InChI is InChI=1S/C14H19FN2O/c15-13-6-2-1-4-11(13)12(5-3-9-16)14(18)17-10-7-8-10/h1-2,4,6,10,12H,3,5,7-9,16H2,(H,17,18). The minimum atomic E-state index is -0.421. The van der Waals surface area contributed by atoms with Crippen molar-refractivity contribution in [3.05, 3.63) is 35.6 Å². The summed E-state index contributed by atoms with van der Waals surface area (Å²) in [5.41, 5.74) is 5.96. The molecule has 0 saturated heterocycles. The van der Waals surface area contributed by atoms with E-state index in [1.54, 1.807) is 18.2 Å². The van der Waals surface area contributed by atoms with Crippen molar-refractivity contribution < 1.29 is 9.18 Å². The Bertz CT molecular complexity index is 418. The first-order valence-corrected chi connectivity index (χ1v) is 6.47. The van der Waals surface area contributed by atoms with Crippen LogP contribution in [0.25, 0.3) is 0 Å². The van der Waals surface area contributed by atoms with Crippen molar-refractivity contribution in [1.82, 2.24) is 5.32 Å². The van der Waals surface area contributed by atoms with E-state index in [4.69, 9.17) is 5.73 Å². The van der Waals surface area contributed by atoms with E-state index in [-0.39, 0.29) is 11.7 Å². The van der Waals surface area contributed by atoms with Gasteiger partial charge in [-0.25, -0.2) is 4.39 Å². The molecule has 1 saturated carbocycles. The van der Waals surface area contributed by atoms with Crippen LogP contribution in [0.5, 0.6) is 0 Å². The van der Waals surface area contributed by atoms with Gasteiger partial charge in [-0.1, -0.05) is 18.2 Å². The first kappa shape index (κ1) is 13.0. The number of halogens is 1. The molecule has 0 heterocycles. The summed E-state index contributed by atoms with van der Waals surface area (Å²) in [5.74, 6) is -0.808. The molecule has 1 unspecified atom stereocenters. The Labute approximate surface area is 107 Å². The second kappa shape index (κ2) is 5.96. The normalized spacial score (nSPS) is 16.3. The summed E-state index contributed by atoms with van der Waals surface area (Å²) in [6.07, 6.45) is 3.38. The second-order valence-electron chi connectivity index (χ2n) is 4.79. The Morgan fingerprint density at radius 2 is 2.17 bits per heavy atom. The molecular weight excluding hydrogens is 231 g/mol. The van der Waals surface area contributed by atoms with E-state index in [2.05, 4.69) is 5.32 Å². The van der Waals surface area contributed by atoms with Gasteiger partial charge >= 0.3 is 0 Å².